The third kappa shape index (κ3) is 3.75. The molecule has 1 N–H and O–H groups in total. The minimum atomic E-state index is -1.22. The van der Waals surface area contributed by atoms with Crippen molar-refractivity contribution in [1.82, 2.24) is 19.2 Å². The lowest BCUT2D eigenvalue weighted by Gasteiger charge is -2.39. The van der Waals surface area contributed by atoms with Gasteiger partial charge < -0.3 is 9.54 Å². The molecule has 2 aromatic heterocycles. The number of aromatic nitrogens is 2. The van der Waals surface area contributed by atoms with Gasteiger partial charge in [0.05, 0.1) is 53.8 Å². The summed E-state index contributed by atoms with van der Waals surface area (Å²) in [5.41, 5.74) is 3.51. The SMILES string of the molecule is [O-][S+](c1cncc2[nH]ccc12)N1CCN(C(c2ccccc2)c2ccccc2)CC1. The molecule has 1 fully saturated rings. The van der Waals surface area contributed by atoms with Crippen LogP contribution in [0.25, 0.3) is 10.9 Å². The molecule has 0 radical (unpaired) electrons. The number of rotatable bonds is 5. The molecule has 3 heterocycles. The van der Waals surface area contributed by atoms with Crippen LogP contribution in [0.5, 0.6) is 0 Å². The summed E-state index contributed by atoms with van der Waals surface area (Å²) in [6, 6.07) is 23.5. The molecule has 0 saturated carbocycles. The molecular weight excluding hydrogens is 392 g/mol. The van der Waals surface area contributed by atoms with Crippen molar-refractivity contribution in [2.45, 2.75) is 10.9 Å². The molecule has 30 heavy (non-hydrogen) atoms. The zero-order valence-electron chi connectivity index (χ0n) is 16.6. The van der Waals surface area contributed by atoms with Crippen molar-refractivity contribution >= 4 is 22.3 Å². The van der Waals surface area contributed by atoms with Crippen molar-refractivity contribution in [3.05, 3.63) is 96.4 Å². The van der Waals surface area contributed by atoms with E-state index in [9.17, 15) is 4.55 Å². The van der Waals surface area contributed by atoms with E-state index < -0.39 is 11.4 Å². The van der Waals surface area contributed by atoms with Gasteiger partial charge in [-0.05, 0) is 17.2 Å². The maximum atomic E-state index is 13.3. The number of benzene rings is 2. The van der Waals surface area contributed by atoms with Crippen molar-refractivity contribution in [2.75, 3.05) is 26.2 Å². The fourth-order valence-corrected chi connectivity index (χ4v) is 5.53. The van der Waals surface area contributed by atoms with Gasteiger partial charge in [0.25, 0.3) is 0 Å². The topological polar surface area (TPSA) is 58.2 Å². The summed E-state index contributed by atoms with van der Waals surface area (Å²) in [6.45, 7) is 3.22. The summed E-state index contributed by atoms with van der Waals surface area (Å²) in [6.07, 6.45) is 5.38. The lowest BCUT2D eigenvalue weighted by atomic mass is 9.96. The van der Waals surface area contributed by atoms with Gasteiger partial charge in [0, 0.05) is 19.3 Å². The van der Waals surface area contributed by atoms with Gasteiger partial charge in [0.15, 0.2) is 0 Å². The average molecular weight is 417 g/mol. The van der Waals surface area contributed by atoms with Gasteiger partial charge in [-0.15, -0.1) is 4.31 Å². The lowest BCUT2D eigenvalue weighted by molar-refractivity contribution is 0.156. The maximum absolute atomic E-state index is 13.3. The van der Waals surface area contributed by atoms with Crippen LogP contribution in [0.4, 0.5) is 0 Å². The summed E-state index contributed by atoms with van der Waals surface area (Å²) < 4.78 is 15.4. The number of hydrogen-bond donors (Lipinski definition) is 1. The van der Waals surface area contributed by atoms with Crippen LogP contribution >= 0.6 is 0 Å². The van der Waals surface area contributed by atoms with Crippen LogP contribution in [0.2, 0.25) is 0 Å². The molecule has 5 rings (SSSR count). The van der Waals surface area contributed by atoms with Gasteiger partial charge in [-0.1, -0.05) is 60.7 Å². The molecule has 0 spiro atoms. The Morgan fingerprint density at radius 2 is 1.47 bits per heavy atom. The minimum Gasteiger partial charge on any atom is -0.593 e. The number of aromatic amines is 1. The highest BCUT2D eigenvalue weighted by Crippen LogP contribution is 2.31. The number of nitrogens with one attached hydrogen (secondary N) is 1. The molecular formula is C24H24N4OS. The second-order valence-corrected chi connectivity index (χ2v) is 8.97. The Kier molecular flexibility index (Phi) is 5.55. The Morgan fingerprint density at radius 3 is 2.10 bits per heavy atom. The molecule has 1 aliphatic heterocycles. The predicted molar refractivity (Wildman–Crippen MR) is 120 cm³/mol. The summed E-state index contributed by atoms with van der Waals surface area (Å²) in [4.78, 5) is 10.7. The second kappa shape index (κ2) is 8.62. The Balaban J connectivity index is 1.35. The Morgan fingerprint density at radius 1 is 0.833 bits per heavy atom. The van der Waals surface area contributed by atoms with Crippen LogP contribution in [0.3, 0.4) is 0 Å². The quantitative estimate of drug-likeness (QED) is 0.500. The third-order valence-electron chi connectivity index (χ3n) is 5.73. The summed E-state index contributed by atoms with van der Waals surface area (Å²) in [7, 11) is 0. The van der Waals surface area contributed by atoms with Crippen molar-refractivity contribution in [2.24, 2.45) is 0 Å². The highest BCUT2D eigenvalue weighted by Gasteiger charge is 2.32. The zero-order valence-corrected chi connectivity index (χ0v) is 17.5. The number of fused-ring (bicyclic) bond motifs is 1. The van der Waals surface area contributed by atoms with E-state index in [4.69, 9.17) is 0 Å². The smallest absolute Gasteiger partial charge is 0.201 e. The molecule has 1 aliphatic rings. The summed E-state index contributed by atoms with van der Waals surface area (Å²) >= 11 is -1.22. The molecule has 0 aliphatic carbocycles. The highest BCUT2D eigenvalue weighted by molar-refractivity contribution is 7.89. The van der Waals surface area contributed by atoms with Gasteiger partial charge in [0.1, 0.15) is 0 Å². The largest absolute Gasteiger partial charge is 0.593 e. The summed E-state index contributed by atoms with van der Waals surface area (Å²) in [5.74, 6) is 0. The van der Waals surface area contributed by atoms with Crippen LogP contribution in [0.1, 0.15) is 17.2 Å². The van der Waals surface area contributed by atoms with Gasteiger partial charge in [-0.3, -0.25) is 9.88 Å². The number of hydrogen-bond acceptors (Lipinski definition) is 4. The Labute approximate surface area is 179 Å². The standard InChI is InChI=1S/C24H24N4OS/c29-30(23-18-25-17-22-21(23)11-12-26-22)28-15-13-27(14-16-28)24(19-7-3-1-4-8-19)20-9-5-2-6-10-20/h1-12,17-18,24,26H,13-16H2. The molecule has 4 aromatic rings. The minimum absolute atomic E-state index is 0.206. The van der Waals surface area contributed by atoms with Crippen LogP contribution in [0, 0.1) is 0 Å². The normalized spacial score (nSPS) is 16.9. The highest BCUT2D eigenvalue weighted by atomic mass is 32.2. The van der Waals surface area contributed by atoms with Crippen molar-refractivity contribution in [3.63, 3.8) is 0 Å². The van der Waals surface area contributed by atoms with Gasteiger partial charge in [-0.2, -0.15) is 0 Å². The Bertz CT molecular complexity index is 1050. The third-order valence-corrected chi connectivity index (χ3v) is 7.27. The van der Waals surface area contributed by atoms with Crippen molar-refractivity contribution < 1.29 is 4.55 Å². The molecule has 1 saturated heterocycles. The Hall–Kier alpha value is -2.64. The molecule has 6 heteroatoms. The van der Waals surface area contributed by atoms with Crippen molar-refractivity contribution in [1.29, 1.82) is 0 Å². The van der Waals surface area contributed by atoms with E-state index >= 15 is 0 Å². The fourth-order valence-electron chi connectivity index (χ4n) is 4.24. The molecule has 1 unspecified atom stereocenters. The van der Waals surface area contributed by atoms with Gasteiger partial charge in [-0.25, -0.2) is 0 Å². The number of pyridine rings is 1. The first-order valence-corrected chi connectivity index (χ1v) is 11.3. The van der Waals surface area contributed by atoms with E-state index in [0.717, 1.165) is 42.0 Å². The molecule has 1 atom stereocenters. The predicted octanol–water partition coefficient (Wildman–Crippen LogP) is 3.99. The lowest BCUT2D eigenvalue weighted by Crippen LogP contribution is -2.49. The van der Waals surface area contributed by atoms with E-state index in [1.807, 2.05) is 12.3 Å². The average Bonchev–Trinajstić information content (AvgIpc) is 3.30. The molecule has 152 valence electrons. The van der Waals surface area contributed by atoms with Crippen molar-refractivity contribution in [3.8, 4) is 0 Å². The second-order valence-electron chi connectivity index (χ2n) is 7.51. The first kappa shape index (κ1) is 19.3. The first-order chi connectivity index (χ1) is 14.8. The van der Waals surface area contributed by atoms with Gasteiger partial charge >= 0.3 is 0 Å². The van der Waals surface area contributed by atoms with Crippen LogP contribution in [-0.4, -0.2) is 49.9 Å². The number of piperazine rings is 1. The molecule has 5 nitrogen and oxygen atoms in total. The number of nitrogens with zero attached hydrogens (tertiary/aromatic N) is 3. The number of H-pyrrole nitrogens is 1. The van der Waals surface area contributed by atoms with E-state index in [-0.39, 0.29) is 6.04 Å². The first-order valence-electron chi connectivity index (χ1n) is 10.2. The van der Waals surface area contributed by atoms with E-state index in [1.165, 1.54) is 11.1 Å². The molecule has 2 aromatic carbocycles. The zero-order chi connectivity index (χ0) is 20.3. The van der Waals surface area contributed by atoms with Crippen LogP contribution in [-0.2, 0) is 11.4 Å². The monoisotopic (exact) mass is 416 g/mol. The van der Waals surface area contributed by atoms with Crippen LogP contribution < -0.4 is 0 Å². The van der Waals surface area contributed by atoms with E-state index in [0.29, 0.717) is 0 Å². The van der Waals surface area contributed by atoms with Gasteiger partial charge in [0.2, 0.25) is 4.90 Å². The van der Waals surface area contributed by atoms with E-state index in [2.05, 4.69) is 79.8 Å². The maximum Gasteiger partial charge on any atom is 0.201 e. The molecule has 0 bridgehead atoms. The van der Waals surface area contributed by atoms with Crippen LogP contribution in [0.15, 0.2) is 90.2 Å². The molecule has 0 amide bonds. The van der Waals surface area contributed by atoms with E-state index in [1.54, 1.807) is 12.4 Å². The summed E-state index contributed by atoms with van der Waals surface area (Å²) in [5, 5.41) is 0.984. The fraction of sp³-hybridized carbons (Fsp3) is 0.208.